The van der Waals surface area contributed by atoms with Crippen LogP contribution < -0.4 is 5.32 Å². The fourth-order valence-corrected chi connectivity index (χ4v) is 4.91. The second-order valence-electron chi connectivity index (χ2n) is 8.48. The molecule has 158 valence electrons. The van der Waals surface area contributed by atoms with Gasteiger partial charge in [-0.3, -0.25) is 14.3 Å². The number of para-hydroxylation sites is 1. The molecule has 2 aromatic carbocycles. The van der Waals surface area contributed by atoms with Crippen molar-refractivity contribution in [2.75, 3.05) is 11.9 Å². The molecule has 0 aliphatic carbocycles. The van der Waals surface area contributed by atoms with E-state index in [-0.39, 0.29) is 23.7 Å². The zero-order valence-corrected chi connectivity index (χ0v) is 17.4. The van der Waals surface area contributed by atoms with Gasteiger partial charge in [0, 0.05) is 24.5 Å². The van der Waals surface area contributed by atoms with Gasteiger partial charge in [0.25, 0.3) is 5.91 Å². The third-order valence-electron chi connectivity index (χ3n) is 6.41. The van der Waals surface area contributed by atoms with Gasteiger partial charge in [-0.25, -0.2) is 4.39 Å². The Morgan fingerprint density at radius 3 is 2.65 bits per heavy atom. The van der Waals surface area contributed by atoms with E-state index in [1.807, 2.05) is 38.1 Å². The average Bonchev–Trinajstić information content (AvgIpc) is 3.46. The van der Waals surface area contributed by atoms with Crippen molar-refractivity contribution in [1.82, 2.24) is 14.7 Å². The summed E-state index contributed by atoms with van der Waals surface area (Å²) in [5, 5.41) is 7.29. The summed E-state index contributed by atoms with van der Waals surface area (Å²) >= 11 is 0. The summed E-state index contributed by atoms with van der Waals surface area (Å²) in [4.78, 5) is 28.7. The Labute approximate surface area is 179 Å². The Hall–Kier alpha value is -3.48. The molecule has 2 atom stereocenters. The minimum absolute atomic E-state index is 0.129. The molecule has 1 N–H and O–H groups in total. The number of amides is 2. The van der Waals surface area contributed by atoms with Crippen LogP contribution in [0.5, 0.6) is 0 Å². The Bertz CT molecular complexity index is 1170. The number of anilines is 1. The minimum Gasteiger partial charge on any atom is -0.330 e. The third-order valence-corrected chi connectivity index (χ3v) is 6.41. The Morgan fingerprint density at radius 2 is 1.94 bits per heavy atom. The van der Waals surface area contributed by atoms with Crippen LogP contribution >= 0.6 is 0 Å². The van der Waals surface area contributed by atoms with Crippen LogP contribution in [0, 0.1) is 5.82 Å². The second kappa shape index (κ2) is 7.04. The molecule has 2 aliphatic heterocycles. The molecule has 3 heterocycles. The summed E-state index contributed by atoms with van der Waals surface area (Å²) in [6.07, 6.45) is 3.79. The first-order valence-electron chi connectivity index (χ1n) is 10.4. The van der Waals surface area contributed by atoms with E-state index < -0.39 is 11.5 Å². The van der Waals surface area contributed by atoms with Crippen LogP contribution in [0.2, 0.25) is 0 Å². The number of hydrogen-bond acceptors (Lipinski definition) is 3. The average molecular weight is 418 g/mol. The maximum atomic E-state index is 13.7. The fraction of sp³-hybridized carbons (Fsp3) is 0.292. The van der Waals surface area contributed by atoms with Crippen molar-refractivity contribution in [2.45, 2.75) is 37.8 Å². The van der Waals surface area contributed by atoms with Gasteiger partial charge in [-0.1, -0.05) is 30.3 Å². The van der Waals surface area contributed by atoms with E-state index in [0.717, 1.165) is 16.8 Å². The molecule has 0 saturated carbocycles. The van der Waals surface area contributed by atoms with Gasteiger partial charge in [0.1, 0.15) is 11.2 Å². The molecular weight excluding hydrogens is 395 g/mol. The molecule has 6 nitrogen and oxygen atoms in total. The molecule has 1 spiro atoms. The zero-order valence-electron chi connectivity index (χ0n) is 17.4. The lowest BCUT2D eigenvalue weighted by molar-refractivity contribution is -0.121. The molecule has 1 saturated heterocycles. The topological polar surface area (TPSA) is 67.2 Å². The second-order valence-corrected chi connectivity index (χ2v) is 8.48. The SMILES string of the molecule is CC(C)n1cc(C(=O)N2CC[C@]3(C(=O)Nc4ccccc43)[C@@H]2c2ccc(F)cc2)cn1. The van der Waals surface area contributed by atoms with Crippen LogP contribution in [0.15, 0.2) is 60.9 Å². The van der Waals surface area contributed by atoms with E-state index >= 15 is 0 Å². The molecule has 1 fully saturated rings. The van der Waals surface area contributed by atoms with Gasteiger partial charge in [-0.05, 0) is 49.6 Å². The standard InChI is InChI=1S/C24H23FN4O2/c1-15(2)29-14-17(13-26-29)22(30)28-12-11-24(21(28)16-7-9-18(25)10-8-16)19-5-3-4-6-20(19)27-23(24)31/h3-10,13-15,21H,11-12H2,1-2H3,(H,27,31)/t21-,24+/m0/s1. The van der Waals surface area contributed by atoms with Crippen LogP contribution in [0.4, 0.5) is 10.1 Å². The molecule has 0 radical (unpaired) electrons. The molecule has 3 aromatic rings. The number of likely N-dealkylation sites (tertiary alicyclic amines) is 1. The molecule has 0 unspecified atom stereocenters. The maximum Gasteiger partial charge on any atom is 0.257 e. The van der Waals surface area contributed by atoms with E-state index in [1.165, 1.54) is 12.1 Å². The predicted octanol–water partition coefficient (Wildman–Crippen LogP) is 4.08. The molecular formula is C24H23FN4O2. The normalized spacial score (nSPS) is 22.3. The van der Waals surface area contributed by atoms with Crippen LogP contribution in [0.25, 0.3) is 0 Å². The van der Waals surface area contributed by atoms with Crippen molar-refractivity contribution in [3.05, 3.63) is 83.4 Å². The number of nitrogens with zero attached hydrogens (tertiary/aromatic N) is 3. The molecule has 0 bridgehead atoms. The number of fused-ring (bicyclic) bond motifs is 2. The number of nitrogens with one attached hydrogen (secondary N) is 1. The third kappa shape index (κ3) is 2.87. The number of benzene rings is 2. The van der Waals surface area contributed by atoms with E-state index in [1.54, 1.807) is 34.1 Å². The summed E-state index contributed by atoms with van der Waals surface area (Å²) in [7, 11) is 0. The van der Waals surface area contributed by atoms with Crippen LogP contribution in [0.3, 0.4) is 0 Å². The smallest absolute Gasteiger partial charge is 0.257 e. The summed E-state index contributed by atoms with van der Waals surface area (Å²) in [5.74, 6) is -0.672. The number of aromatic nitrogens is 2. The molecule has 31 heavy (non-hydrogen) atoms. The van der Waals surface area contributed by atoms with Crippen molar-refractivity contribution < 1.29 is 14.0 Å². The van der Waals surface area contributed by atoms with Crippen molar-refractivity contribution in [3.8, 4) is 0 Å². The van der Waals surface area contributed by atoms with Crippen molar-refractivity contribution in [3.63, 3.8) is 0 Å². The van der Waals surface area contributed by atoms with Gasteiger partial charge in [0.05, 0.1) is 17.8 Å². The molecule has 2 aliphatic rings. The van der Waals surface area contributed by atoms with Gasteiger partial charge in [0.2, 0.25) is 5.91 Å². The number of rotatable bonds is 3. The van der Waals surface area contributed by atoms with Crippen LogP contribution in [-0.2, 0) is 10.2 Å². The minimum atomic E-state index is -0.919. The number of halogens is 1. The highest BCUT2D eigenvalue weighted by molar-refractivity contribution is 6.08. The Kier molecular flexibility index (Phi) is 4.43. The maximum absolute atomic E-state index is 13.7. The zero-order chi connectivity index (χ0) is 21.8. The molecule has 1 aromatic heterocycles. The lowest BCUT2D eigenvalue weighted by Gasteiger charge is -2.34. The Balaban J connectivity index is 1.63. The van der Waals surface area contributed by atoms with Gasteiger partial charge < -0.3 is 10.2 Å². The lowest BCUT2D eigenvalue weighted by atomic mass is 9.72. The lowest BCUT2D eigenvalue weighted by Crippen LogP contribution is -2.42. The van der Waals surface area contributed by atoms with E-state index in [0.29, 0.717) is 18.5 Å². The Morgan fingerprint density at radius 1 is 1.19 bits per heavy atom. The van der Waals surface area contributed by atoms with E-state index in [4.69, 9.17) is 0 Å². The van der Waals surface area contributed by atoms with Crippen LogP contribution in [0.1, 0.15) is 53.8 Å². The first-order chi connectivity index (χ1) is 14.9. The van der Waals surface area contributed by atoms with Crippen molar-refractivity contribution >= 4 is 17.5 Å². The first kappa shape index (κ1) is 19.5. The number of hydrogen-bond donors (Lipinski definition) is 1. The number of carbonyl (C=O) groups is 2. The van der Waals surface area contributed by atoms with Gasteiger partial charge >= 0.3 is 0 Å². The highest BCUT2D eigenvalue weighted by Crippen LogP contribution is 2.54. The van der Waals surface area contributed by atoms with Crippen molar-refractivity contribution in [1.29, 1.82) is 0 Å². The fourth-order valence-electron chi connectivity index (χ4n) is 4.91. The van der Waals surface area contributed by atoms with Gasteiger partial charge in [-0.2, -0.15) is 5.10 Å². The highest BCUT2D eigenvalue weighted by Gasteiger charge is 2.59. The summed E-state index contributed by atoms with van der Waals surface area (Å²) < 4.78 is 15.4. The number of carbonyl (C=O) groups excluding carboxylic acids is 2. The monoisotopic (exact) mass is 418 g/mol. The summed E-state index contributed by atoms with van der Waals surface area (Å²) in [5.41, 5.74) is 1.93. The van der Waals surface area contributed by atoms with Gasteiger partial charge in [0.15, 0.2) is 0 Å². The van der Waals surface area contributed by atoms with E-state index in [9.17, 15) is 14.0 Å². The molecule has 2 amide bonds. The van der Waals surface area contributed by atoms with Crippen LogP contribution in [-0.4, -0.2) is 33.0 Å². The quantitative estimate of drug-likeness (QED) is 0.697. The predicted molar refractivity (Wildman–Crippen MR) is 114 cm³/mol. The molecule has 5 rings (SSSR count). The highest BCUT2D eigenvalue weighted by atomic mass is 19.1. The van der Waals surface area contributed by atoms with Crippen molar-refractivity contribution in [2.24, 2.45) is 0 Å². The summed E-state index contributed by atoms with van der Waals surface area (Å²) in [6, 6.07) is 13.3. The molecule has 7 heteroatoms. The van der Waals surface area contributed by atoms with E-state index in [2.05, 4.69) is 10.4 Å². The first-order valence-corrected chi connectivity index (χ1v) is 10.4. The largest absolute Gasteiger partial charge is 0.330 e. The summed E-state index contributed by atoms with van der Waals surface area (Å²) in [6.45, 7) is 4.40. The van der Waals surface area contributed by atoms with Gasteiger partial charge in [-0.15, -0.1) is 0 Å².